The van der Waals surface area contributed by atoms with E-state index in [-0.39, 0.29) is 0 Å². The van der Waals surface area contributed by atoms with Gasteiger partial charge >= 0.3 is 0 Å². The molecule has 0 radical (unpaired) electrons. The highest BCUT2D eigenvalue weighted by Gasteiger charge is 2.49. The predicted octanol–water partition coefficient (Wildman–Crippen LogP) is 5.28. The molecule has 0 amide bonds. The van der Waals surface area contributed by atoms with Gasteiger partial charge in [-0.3, -0.25) is 0 Å². The SMILES string of the molecule is C/C=C\C(=C/C)n1ccnc1-c1ccccc1C1(C)CC1C. The fourth-order valence-electron chi connectivity index (χ4n) is 3.33. The number of rotatable bonds is 4. The first-order valence-corrected chi connectivity index (χ1v) is 8.04. The van der Waals surface area contributed by atoms with Gasteiger partial charge in [0.25, 0.3) is 0 Å². The lowest BCUT2D eigenvalue weighted by Gasteiger charge is -2.17. The first-order valence-electron chi connectivity index (χ1n) is 8.04. The lowest BCUT2D eigenvalue weighted by molar-refractivity contribution is 0.703. The number of benzene rings is 1. The molecule has 3 rings (SSSR count). The summed E-state index contributed by atoms with van der Waals surface area (Å²) in [6.45, 7) is 8.81. The second-order valence-corrected chi connectivity index (χ2v) is 6.40. The third-order valence-corrected chi connectivity index (χ3v) is 4.99. The lowest BCUT2D eigenvalue weighted by atomic mass is 9.91. The second kappa shape index (κ2) is 5.60. The van der Waals surface area contributed by atoms with Crippen molar-refractivity contribution in [3.05, 3.63) is 60.5 Å². The summed E-state index contributed by atoms with van der Waals surface area (Å²) in [5, 5.41) is 0. The molecule has 1 aliphatic carbocycles. The number of aromatic nitrogens is 2. The van der Waals surface area contributed by atoms with Gasteiger partial charge < -0.3 is 4.57 Å². The summed E-state index contributed by atoms with van der Waals surface area (Å²) in [4.78, 5) is 4.65. The summed E-state index contributed by atoms with van der Waals surface area (Å²) in [5.74, 6) is 1.77. The van der Waals surface area contributed by atoms with E-state index in [1.165, 1.54) is 17.5 Å². The van der Waals surface area contributed by atoms with Gasteiger partial charge in [0.05, 0.1) is 0 Å². The molecule has 2 unspecified atom stereocenters. The smallest absolute Gasteiger partial charge is 0.144 e. The van der Waals surface area contributed by atoms with Crippen LogP contribution in [0.1, 0.15) is 39.7 Å². The summed E-state index contributed by atoms with van der Waals surface area (Å²) in [6, 6.07) is 8.72. The number of hydrogen-bond acceptors (Lipinski definition) is 1. The van der Waals surface area contributed by atoms with Crippen LogP contribution >= 0.6 is 0 Å². The van der Waals surface area contributed by atoms with E-state index in [0.29, 0.717) is 5.41 Å². The van der Waals surface area contributed by atoms with Crippen molar-refractivity contribution in [2.24, 2.45) is 5.92 Å². The van der Waals surface area contributed by atoms with E-state index in [4.69, 9.17) is 0 Å². The Kier molecular flexibility index (Phi) is 3.78. The Morgan fingerprint density at radius 1 is 1.32 bits per heavy atom. The maximum Gasteiger partial charge on any atom is 0.144 e. The fourth-order valence-corrected chi connectivity index (χ4v) is 3.33. The highest BCUT2D eigenvalue weighted by Crippen LogP contribution is 2.55. The average Bonchev–Trinajstić information content (AvgIpc) is 2.95. The van der Waals surface area contributed by atoms with E-state index < -0.39 is 0 Å². The molecule has 2 atom stereocenters. The predicted molar refractivity (Wildman–Crippen MR) is 93.6 cm³/mol. The number of hydrogen-bond donors (Lipinski definition) is 0. The summed E-state index contributed by atoms with van der Waals surface area (Å²) >= 11 is 0. The average molecular weight is 292 g/mol. The van der Waals surface area contributed by atoms with Gasteiger partial charge in [0, 0.05) is 23.7 Å². The van der Waals surface area contributed by atoms with Gasteiger partial charge in [0.15, 0.2) is 0 Å². The fraction of sp³-hybridized carbons (Fsp3) is 0.350. The van der Waals surface area contributed by atoms with Crippen LogP contribution < -0.4 is 0 Å². The summed E-state index contributed by atoms with van der Waals surface area (Å²) in [6.07, 6.45) is 11.5. The summed E-state index contributed by atoms with van der Waals surface area (Å²) in [5.41, 5.74) is 4.12. The molecule has 114 valence electrons. The van der Waals surface area contributed by atoms with Gasteiger partial charge in [-0.15, -0.1) is 0 Å². The van der Waals surface area contributed by atoms with Gasteiger partial charge in [-0.05, 0) is 43.2 Å². The minimum atomic E-state index is 0.296. The van der Waals surface area contributed by atoms with E-state index >= 15 is 0 Å². The van der Waals surface area contributed by atoms with Crippen LogP contribution in [0.15, 0.2) is 54.9 Å². The molecule has 0 aliphatic heterocycles. The van der Waals surface area contributed by atoms with Gasteiger partial charge in [-0.25, -0.2) is 4.98 Å². The number of nitrogens with zero attached hydrogens (tertiary/aromatic N) is 2. The Bertz CT molecular complexity index is 736. The Morgan fingerprint density at radius 2 is 2.05 bits per heavy atom. The van der Waals surface area contributed by atoms with Crippen LogP contribution in [0.2, 0.25) is 0 Å². The van der Waals surface area contributed by atoms with Gasteiger partial charge in [-0.2, -0.15) is 0 Å². The van der Waals surface area contributed by atoms with Crippen molar-refractivity contribution >= 4 is 5.70 Å². The van der Waals surface area contributed by atoms with Gasteiger partial charge in [-0.1, -0.05) is 50.3 Å². The Labute approximate surface area is 133 Å². The van der Waals surface area contributed by atoms with Crippen LogP contribution in [0.25, 0.3) is 17.1 Å². The first-order chi connectivity index (χ1) is 10.6. The van der Waals surface area contributed by atoms with Crippen molar-refractivity contribution in [2.75, 3.05) is 0 Å². The Morgan fingerprint density at radius 3 is 2.68 bits per heavy atom. The zero-order chi connectivity index (χ0) is 15.7. The van der Waals surface area contributed by atoms with Crippen LogP contribution in [0.4, 0.5) is 0 Å². The maximum absolute atomic E-state index is 4.65. The molecular weight excluding hydrogens is 268 g/mol. The molecule has 0 spiro atoms. The molecule has 0 N–H and O–H groups in total. The molecule has 1 heterocycles. The molecule has 1 saturated carbocycles. The maximum atomic E-state index is 4.65. The minimum absolute atomic E-state index is 0.296. The lowest BCUT2D eigenvalue weighted by Crippen LogP contribution is -2.07. The second-order valence-electron chi connectivity index (χ2n) is 6.40. The number of imidazole rings is 1. The van der Waals surface area contributed by atoms with Crippen LogP contribution in [0.5, 0.6) is 0 Å². The third kappa shape index (κ3) is 2.33. The van der Waals surface area contributed by atoms with Crippen LogP contribution in [-0.4, -0.2) is 9.55 Å². The standard InChI is InChI=1S/C20H24N2/c1-5-9-16(6-2)22-13-12-21-19(22)17-10-7-8-11-18(17)20(4)14-15(20)3/h5-13,15H,14H2,1-4H3/b9-5-,16-6+. The van der Waals surface area contributed by atoms with E-state index in [1.807, 2.05) is 19.3 Å². The van der Waals surface area contributed by atoms with E-state index in [1.54, 1.807) is 0 Å². The quantitative estimate of drug-likeness (QED) is 0.701. The summed E-state index contributed by atoms with van der Waals surface area (Å²) in [7, 11) is 0. The van der Waals surface area contributed by atoms with Crippen molar-refractivity contribution in [3.8, 4) is 11.4 Å². The molecule has 2 nitrogen and oxygen atoms in total. The zero-order valence-electron chi connectivity index (χ0n) is 13.9. The molecule has 1 aromatic carbocycles. The Hall–Kier alpha value is -2.09. The monoisotopic (exact) mass is 292 g/mol. The van der Waals surface area contributed by atoms with Crippen molar-refractivity contribution in [1.82, 2.24) is 9.55 Å². The molecule has 2 heteroatoms. The highest BCUT2D eigenvalue weighted by atomic mass is 15.1. The molecule has 1 fully saturated rings. The van der Waals surface area contributed by atoms with Crippen LogP contribution in [0.3, 0.4) is 0 Å². The van der Waals surface area contributed by atoms with Crippen molar-refractivity contribution in [2.45, 2.75) is 39.5 Å². The van der Waals surface area contributed by atoms with Crippen LogP contribution in [-0.2, 0) is 5.41 Å². The van der Waals surface area contributed by atoms with Crippen molar-refractivity contribution in [1.29, 1.82) is 0 Å². The molecule has 22 heavy (non-hydrogen) atoms. The molecule has 2 aromatic rings. The first kappa shape index (κ1) is 14.8. The Balaban J connectivity index is 2.13. The molecule has 1 aliphatic rings. The summed E-state index contributed by atoms with van der Waals surface area (Å²) < 4.78 is 2.18. The van der Waals surface area contributed by atoms with E-state index in [2.05, 4.69) is 72.8 Å². The van der Waals surface area contributed by atoms with E-state index in [9.17, 15) is 0 Å². The van der Waals surface area contributed by atoms with Gasteiger partial charge in [0.1, 0.15) is 5.82 Å². The highest BCUT2D eigenvalue weighted by molar-refractivity contribution is 5.70. The largest absolute Gasteiger partial charge is 0.300 e. The molecule has 0 saturated heterocycles. The molecular formula is C20H24N2. The minimum Gasteiger partial charge on any atom is -0.300 e. The van der Waals surface area contributed by atoms with Gasteiger partial charge in [0.2, 0.25) is 0 Å². The topological polar surface area (TPSA) is 17.8 Å². The zero-order valence-corrected chi connectivity index (χ0v) is 13.9. The van der Waals surface area contributed by atoms with Crippen molar-refractivity contribution < 1.29 is 0 Å². The normalized spacial score (nSPS) is 24.9. The third-order valence-electron chi connectivity index (χ3n) is 4.99. The van der Waals surface area contributed by atoms with E-state index in [0.717, 1.165) is 17.4 Å². The number of allylic oxidation sites excluding steroid dienone is 4. The molecule has 1 aromatic heterocycles. The van der Waals surface area contributed by atoms with Crippen LogP contribution in [0, 0.1) is 5.92 Å². The molecule has 0 bridgehead atoms. The van der Waals surface area contributed by atoms with Crippen molar-refractivity contribution in [3.63, 3.8) is 0 Å².